The second kappa shape index (κ2) is 7.87. The summed E-state index contributed by atoms with van der Waals surface area (Å²) in [5.41, 5.74) is 7.13. The Morgan fingerprint density at radius 2 is 2.04 bits per heavy atom. The van der Waals surface area contributed by atoms with Gasteiger partial charge in [0, 0.05) is 31.2 Å². The second-order valence-electron chi connectivity index (χ2n) is 6.26. The largest absolute Gasteiger partial charge is 0.457 e. The molecule has 0 aromatic heterocycles. The van der Waals surface area contributed by atoms with Crippen LogP contribution in [0.25, 0.3) is 0 Å². The van der Waals surface area contributed by atoms with Gasteiger partial charge in [-0.25, -0.2) is 0 Å². The molecule has 2 aromatic carbocycles. The molecule has 0 aliphatic carbocycles. The number of hydrogen-bond acceptors (Lipinski definition) is 4. The van der Waals surface area contributed by atoms with Gasteiger partial charge in [-0.1, -0.05) is 23.7 Å². The Morgan fingerprint density at radius 1 is 1.28 bits per heavy atom. The van der Waals surface area contributed by atoms with Gasteiger partial charge in [0.2, 0.25) is 5.91 Å². The van der Waals surface area contributed by atoms with Crippen molar-refractivity contribution < 1.29 is 9.53 Å². The summed E-state index contributed by atoms with van der Waals surface area (Å²) in [7, 11) is 1.66. The molecule has 2 aromatic rings. The Balaban J connectivity index is 1.70. The maximum Gasteiger partial charge on any atom is 0.237 e. The second-order valence-corrected chi connectivity index (χ2v) is 6.70. The summed E-state index contributed by atoms with van der Waals surface area (Å²) in [6, 6.07) is 15.0. The van der Waals surface area contributed by atoms with Gasteiger partial charge in [-0.2, -0.15) is 0 Å². The van der Waals surface area contributed by atoms with Gasteiger partial charge in [0.25, 0.3) is 0 Å². The predicted octanol–water partition coefficient (Wildman–Crippen LogP) is 2.78. The van der Waals surface area contributed by atoms with Crippen molar-refractivity contribution in [2.75, 3.05) is 13.6 Å². The van der Waals surface area contributed by atoms with E-state index in [1.54, 1.807) is 19.2 Å². The Morgan fingerprint density at radius 3 is 2.76 bits per heavy atom. The molecule has 132 valence electrons. The van der Waals surface area contributed by atoms with Gasteiger partial charge >= 0.3 is 0 Å². The minimum absolute atomic E-state index is 0.0153. The van der Waals surface area contributed by atoms with Gasteiger partial charge in [0.05, 0.1) is 6.04 Å². The average Bonchev–Trinajstić information content (AvgIpc) is 2.97. The normalized spacial score (nSPS) is 20.4. The van der Waals surface area contributed by atoms with E-state index in [2.05, 4.69) is 10.2 Å². The van der Waals surface area contributed by atoms with Gasteiger partial charge < -0.3 is 15.8 Å². The van der Waals surface area contributed by atoms with Gasteiger partial charge in [0.1, 0.15) is 11.5 Å². The number of carbonyl (C=O) groups excluding carboxylic acids is 1. The number of benzene rings is 2. The first-order chi connectivity index (χ1) is 12.0. The van der Waals surface area contributed by atoms with Gasteiger partial charge in [0.15, 0.2) is 0 Å². The van der Waals surface area contributed by atoms with E-state index in [0.717, 1.165) is 17.1 Å². The van der Waals surface area contributed by atoms with E-state index in [9.17, 15) is 4.79 Å². The zero-order valence-electron chi connectivity index (χ0n) is 14.1. The van der Waals surface area contributed by atoms with Crippen LogP contribution in [0.1, 0.15) is 12.0 Å². The highest BCUT2D eigenvalue weighted by Crippen LogP contribution is 2.26. The molecule has 2 atom stereocenters. The minimum atomic E-state index is -0.180. The fourth-order valence-electron chi connectivity index (χ4n) is 3.13. The highest BCUT2D eigenvalue weighted by Gasteiger charge is 2.34. The van der Waals surface area contributed by atoms with E-state index in [-0.39, 0.29) is 18.0 Å². The van der Waals surface area contributed by atoms with Crippen LogP contribution < -0.4 is 15.8 Å². The number of nitrogens with two attached hydrogens (primary N) is 1. The fraction of sp³-hybridized carbons (Fsp3) is 0.316. The number of ether oxygens (including phenoxy) is 1. The van der Waals surface area contributed by atoms with Crippen molar-refractivity contribution in [1.29, 1.82) is 0 Å². The summed E-state index contributed by atoms with van der Waals surface area (Å²) in [5, 5.41) is 3.39. The number of rotatable bonds is 5. The first kappa shape index (κ1) is 17.7. The zero-order valence-corrected chi connectivity index (χ0v) is 14.9. The molecule has 0 unspecified atom stereocenters. The number of likely N-dealkylation sites (N-methyl/N-ethyl adjacent to an activating group) is 1. The lowest BCUT2D eigenvalue weighted by molar-refractivity contribution is -0.125. The van der Waals surface area contributed by atoms with Crippen LogP contribution >= 0.6 is 11.6 Å². The van der Waals surface area contributed by atoms with Crippen molar-refractivity contribution >= 4 is 17.5 Å². The topological polar surface area (TPSA) is 67.6 Å². The van der Waals surface area contributed by atoms with Crippen molar-refractivity contribution in [3.8, 4) is 11.5 Å². The zero-order chi connectivity index (χ0) is 17.8. The lowest BCUT2D eigenvalue weighted by Crippen LogP contribution is -2.41. The van der Waals surface area contributed by atoms with Crippen LogP contribution in [0.15, 0.2) is 48.5 Å². The third kappa shape index (κ3) is 4.51. The molecule has 3 N–H and O–H groups in total. The van der Waals surface area contributed by atoms with Crippen LogP contribution in [-0.2, 0) is 11.3 Å². The van der Waals surface area contributed by atoms with E-state index >= 15 is 0 Å². The molecule has 0 spiro atoms. The molecular formula is C19H22ClN3O2. The van der Waals surface area contributed by atoms with Crippen LogP contribution in [0.4, 0.5) is 0 Å². The summed E-state index contributed by atoms with van der Waals surface area (Å²) in [4.78, 5) is 14.2. The van der Waals surface area contributed by atoms with Crippen LogP contribution in [0.5, 0.6) is 11.5 Å². The molecule has 0 bridgehead atoms. The van der Waals surface area contributed by atoms with Crippen LogP contribution in [-0.4, -0.2) is 36.5 Å². The molecule has 3 rings (SSSR count). The molecule has 1 saturated heterocycles. The number of nitrogens with zero attached hydrogens (tertiary/aromatic N) is 1. The molecule has 5 nitrogen and oxygen atoms in total. The Labute approximate surface area is 152 Å². The molecule has 1 amide bonds. The van der Waals surface area contributed by atoms with Crippen LogP contribution in [0.3, 0.4) is 0 Å². The fourth-order valence-corrected chi connectivity index (χ4v) is 3.26. The number of hydrogen-bond donors (Lipinski definition) is 2. The van der Waals surface area contributed by atoms with Gasteiger partial charge in [-0.3, -0.25) is 9.69 Å². The Bertz CT molecular complexity index is 736. The standard InChI is InChI=1S/C19H22ClN3O2/c1-22-19(24)18-10-15(21)12-23(18)11-13-3-2-4-17(9-13)25-16-7-5-14(20)6-8-16/h2-9,15,18H,10-12,21H2,1H3,(H,22,24)/t15-,18-/m0/s1. The maximum absolute atomic E-state index is 12.1. The van der Waals surface area contributed by atoms with E-state index in [0.29, 0.717) is 24.5 Å². The van der Waals surface area contributed by atoms with Crippen molar-refractivity contribution in [2.45, 2.75) is 25.0 Å². The van der Waals surface area contributed by atoms with Crippen molar-refractivity contribution in [3.05, 3.63) is 59.1 Å². The Hall–Kier alpha value is -2.08. The highest BCUT2D eigenvalue weighted by atomic mass is 35.5. The van der Waals surface area contributed by atoms with Gasteiger partial charge in [-0.05, 0) is 48.4 Å². The van der Waals surface area contributed by atoms with E-state index in [1.807, 2.05) is 36.4 Å². The molecule has 1 aliphatic rings. The first-order valence-corrected chi connectivity index (χ1v) is 8.66. The quantitative estimate of drug-likeness (QED) is 0.861. The number of halogens is 1. The van der Waals surface area contributed by atoms with Gasteiger partial charge in [-0.15, -0.1) is 0 Å². The number of amides is 1. The first-order valence-electron chi connectivity index (χ1n) is 8.29. The molecule has 1 aliphatic heterocycles. The molecule has 1 fully saturated rings. The summed E-state index contributed by atoms with van der Waals surface area (Å²) in [5.74, 6) is 1.49. The molecule has 1 heterocycles. The monoisotopic (exact) mass is 359 g/mol. The summed E-state index contributed by atoms with van der Waals surface area (Å²) >= 11 is 5.89. The maximum atomic E-state index is 12.1. The summed E-state index contributed by atoms with van der Waals surface area (Å²) in [6.45, 7) is 1.37. The minimum Gasteiger partial charge on any atom is -0.457 e. The molecule has 25 heavy (non-hydrogen) atoms. The van der Waals surface area contributed by atoms with Crippen molar-refractivity contribution in [1.82, 2.24) is 10.2 Å². The SMILES string of the molecule is CNC(=O)[C@@H]1C[C@H](N)CN1Cc1cccc(Oc2ccc(Cl)cc2)c1. The lowest BCUT2D eigenvalue weighted by atomic mass is 10.1. The van der Waals surface area contributed by atoms with Crippen LogP contribution in [0.2, 0.25) is 5.02 Å². The molecule has 0 saturated carbocycles. The highest BCUT2D eigenvalue weighted by molar-refractivity contribution is 6.30. The number of likely N-dealkylation sites (tertiary alicyclic amines) is 1. The van der Waals surface area contributed by atoms with E-state index < -0.39 is 0 Å². The summed E-state index contributed by atoms with van der Waals surface area (Å²) in [6.07, 6.45) is 0.681. The number of carbonyl (C=O) groups is 1. The third-order valence-corrected chi connectivity index (χ3v) is 4.57. The molecule has 6 heteroatoms. The molecule has 0 radical (unpaired) electrons. The lowest BCUT2D eigenvalue weighted by Gasteiger charge is -2.23. The Kier molecular flexibility index (Phi) is 5.58. The number of nitrogens with one attached hydrogen (secondary N) is 1. The van der Waals surface area contributed by atoms with Crippen LogP contribution in [0, 0.1) is 0 Å². The van der Waals surface area contributed by atoms with Crippen molar-refractivity contribution in [3.63, 3.8) is 0 Å². The third-order valence-electron chi connectivity index (χ3n) is 4.32. The summed E-state index contributed by atoms with van der Waals surface area (Å²) < 4.78 is 5.87. The molecular weight excluding hydrogens is 338 g/mol. The van der Waals surface area contributed by atoms with E-state index in [4.69, 9.17) is 22.1 Å². The predicted molar refractivity (Wildman–Crippen MR) is 98.8 cm³/mol. The average molecular weight is 360 g/mol. The van der Waals surface area contributed by atoms with E-state index in [1.165, 1.54) is 0 Å². The van der Waals surface area contributed by atoms with Crippen molar-refractivity contribution in [2.24, 2.45) is 5.73 Å². The smallest absolute Gasteiger partial charge is 0.237 e.